The van der Waals surface area contributed by atoms with Crippen molar-refractivity contribution >= 4 is 24.8 Å². The maximum absolute atomic E-state index is 3.44. The third-order valence-electron chi connectivity index (χ3n) is 4.23. The molecule has 0 radical (unpaired) electrons. The molecule has 3 aliphatic heterocycles. The summed E-state index contributed by atoms with van der Waals surface area (Å²) in [5.41, 5.74) is 0. The number of H-pyrrole nitrogens is 2. The molecule has 2 N–H and O–H groups in total. The summed E-state index contributed by atoms with van der Waals surface area (Å²) < 4.78 is 0. The van der Waals surface area contributed by atoms with Crippen LogP contribution >= 0.6 is 0 Å². The first-order chi connectivity index (χ1) is 11.8. The second-order valence-electron chi connectivity index (χ2n) is 6.19. The molecule has 3 aliphatic rings. The minimum Gasteiger partial charge on any atom is -0.353 e. The van der Waals surface area contributed by atoms with Gasteiger partial charge in [-0.2, -0.15) is 0 Å². The summed E-state index contributed by atoms with van der Waals surface area (Å²) in [5.74, 6) is 0. The highest BCUT2D eigenvalue weighted by Gasteiger charge is 2.09. The molecule has 2 aromatic heterocycles. The van der Waals surface area contributed by atoms with Crippen LogP contribution in [-0.4, -0.2) is 42.9 Å². The van der Waals surface area contributed by atoms with E-state index in [1.165, 1.54) is 0 Å². The van der Waals surface area contributed by atoms with Crippen LogP contribution in [-0.2, 0) is 0 Å². The van der Waals surface area contributed by atoms with E-state index in [1.54, 1.807) is 0 Å². The Morgan fingerprint density at radius 1 is 0.500 bits per heavy atom. The molecule has 8 bridgehead atoms. The summed E-state index contributed by atoms with van der Waals surface area (Å²) in [4.78, 5) is 15.5. The van der Waals surface area contributed by atoms with Gasteiger partial charge in [-0.15, -0.1) is 0 Å². The van der Waals surface area contributed by atoms with Gasteiger partial charge in [-0.25, -0.2) is 0 Å². The largest absolute Gasteiger partial charge is 0.353 e. The minimum atomic E-state index is 0.802. The van der Waals surface area contributed by atoms with E-state index in [0.29, 0.717) is 0 Å². The molecule has 0 spiro atoms. The number of hydrogen-bond donors (Lipinski definition) is 2. The van der Waals surface area contributed by atoms with Crippen molar-refractivity contribution in [2.24, 2.45) is 0 Å². The monoisotopic (exact) mass is 318 g/mol. The van der Waals surface area contributed by atoms with Crippen LogP contribution in [0.5, 0.6) is 0 Å². The summed E-state index contributed by atoms with van der Waals surface area (Å²) in [5, 5.41) is 4.37. The molecule has 120 valence electrons. The summed E-state index contributed by atoms with van der Waals surface area (Å²) in [6, 6.07) is 8.41. The Bertz CT molecular complexity index is 890. The Kier molecular flexibility index (Phi) is 2.82. The molecular formula is C18H18N6. The van der Waals surface area contributed by atoms with Crippen LogP contribution in [0.25, 0.3) is 24.8 Å². The van der Waals surface area contributed by atoms with Crippen molar-refractivity contribution in [2.45, 2.75) is 0 Å². The first-order valence-electron chi connectivity index (χ1n) is 7.97. The number of hydrogen-bond acceptors (Lipinski definition) is 4. The second-order valence-corrected chi connectivity index (χ2v) is 6.19. The molecule has 0 unspecified atom stereocenters. The van der Waals surface area contributed by atoms with Crippen molar-refractivity contribution in [3.8, 4) is 0 Å². The van der Waals surface area contributed by atoms with Crippen LogP contribution in [0.3, 0.4) is 0 Å². The van der Waals surface area contributed by atoms with Crippen LogP contribution in [0.4, 0.5) is 0 Å². The van der Waals surface area contributed by atoms with Crippen LogP contribution in [0.2, 0.25) is 0 Å². The van der Waals surface area contributed by atoms with Gasteiger partial charge < -0.3 is 29.6 Å². The third kappa shape index (κ3) is 2.48. The highest BCUT2D eigenvalue weighted by molar-refractivity contribution is 5.32. The average Bonchev–Trinajstić information content (AvgIpc) is 3.32. The summed E-state index contributed by atoms with van der Waals surface area (Å²) >= 11 is 0. The average molecular weight is 318 g/mol. The van der Waals surface area contributed by atoms with Gasteiger partial charge in [0, 0.05) is 49.6 Å². The smallest absolute Gasteiger partial charge is 0.0979 e. The topological polar surface area (TPSA) is 44.5 Å². The van der Waals surface area contributed by atoms with E-state index in [1.807, 2.05) is 0 Å². The molecule has 0 saturated heterocycles. The number of fused-ring (bicyclic) bond motifs is 8. The molecular weight excluding hydrogens is 300 g/mol. The molecule has 2 aromatic rings. The molecule has 6 nitrogen and oxygen atoms in total. The van der Waals surface area contributed by atoms with Crippen molar-refractivity contribution in [1.29, 1.82) is 0 Å². The van der Waals surface area contributed by atoms with E-state index in [4.69, 9.17) is 0 Å². The number of rotatable bonds is 0. The van der Waals surface area contributed by atoms with E-state index in [0.717, 1.165) is 34.7 Å². The molecule has 6 heteroatoms. The summed E-state index contributed by atoms with van der Waals surface area (Å²) in [7, 11) is 0. The van der Waals surface area contributed by atoms with E-state index in [2.05, 4.69) is 103 Å². The van der Waals surface area contributed by atoms with Gasteiger partial charge in [0.25, 0.3) is 0 Å². The Morgan fingerprint density at radius 3 is 1.08 bits per heavy atom. The Labute approximate surface area is 138 Å². The van der Waals surface area contributed by atoms with Crippen molar-refractivity contribution in [3.63, 3.8) is 0 Å². The van der Waals surface area contributed by atoms with E-state index >= 15 is 0 Å². The molecule has 24 heavy (non-hydrogen) atoms. The molecule has 0 atom stereocenters. The lowest BCUT2D eigenvalue weighted by Gasteiger charge is -2.14. The van der Waals surface area contributed by atoms with E-state index in [9.17, 15) is 0 Å². The van der Waals surface area contributed by atoms with Gasteiger partial charge in [-0.1, -0.05) is 0 Å². The van der Waals surface area contributed by atoms with Gasteiger partial charge in [-0.3, -0.25) is 0 Å². The van der Waals surface area contributed by atoms with Crippen molar-refractivity contribution in [3.05, 3.63) is 70.5 Å². The highest BCUT2D eigenvalue weighted by atomic mass is 15.3. The van der Waals surface area contributed by atoms with Gasteiger partial charge in [0.15, 0.2) is 0 Å². The predicted molar refractivity (Wildman–Crippen MR) is 93.3 cm³/mol. The third-order valence-corrected chi connectivity index (χ3v) is 4.23. The van der Waals surface area contributed by atoms with E-state index in [-0.39, 0.29) is 0 Å². The lowest BCUT2D eigenvalue weighted by atomic mass is 10.5. The fourth-order valence-electron chi connectivity index (χ4n) is 3.12. The standard InChI is InChI=1S/C18H18N6/c1-2-16-10-22-7-8-24(14-22)12-18-4-3-17(20-18)11-23-6-5-21(13-23)9-15(1)19-16/h1-12,19-20H,13-14H2. The molecule has 0 fully saturated rings. The Morgan fingerprint density at radius 2 is 0.792 bits per heavy atom. The Hall–Kier alpha value is -3.28. The molecule has 5 rings (SSSR count). The Balaban J connectivity index is 1.62. The van der Waals surface area contributed by atoms with Crippen LogP contribution in [0.15, 0.2) is 49.1 Å². The molecule has 0 saturated carbocycles. The highest BCUT2D eigenvalue weighted by Crippen LogP contribution is 2.08. The van der Waals surface area contributed by atoms with Gasteiger partial charge in [0.05, 0.1) is 34.7 Å². The lowest BCUT2D eigenvalue weighted by molar-refractivity contribution is 0.435. The normalized spacial score (nSPS) is 18.3. The predicted octanol–water partition coefficient (Wildman–Crippen LogP) is -0.899. The van der Waals surface area contributed by atoms with E-state index < -0.39 is 0 Å². The molecule has 0 amide bonds. The fraction of sp³-hybridized carbons (Fsp3) is 0.111. The fourth-order valence-corrected chi connectivity index (χ4v) is 3.12. The summed E-state index contributed by atoms with van der Waals surface area (Å²) in [6.45, 7) is 1.60. The molecule has 0 aromatic carbocycles. The first kappa shape index (κ1) is 13.2. The van der Waals surface area contributed by atoms with Gasteiger partial charge in [-0.05, 0) is 24.3 Å². The maximum Gasteiger partial charge on any atom is 0.0979 e. The van der Waals surface area contributed by atoms with Crippen molar-refractivity contribution in [2.75, 3.05) is 13.3 Å². The van der Waals surface area contributed by atoms with Gasteiger partial charge in [0.2, 0.25) is 0 Å². The summed E-state index contributed by atoms with van der Waals surface area (Å²) in [6.07, 6.45) is 16.8. The second kappa shape index (κ2) is 5.13. The van der Waals surface area contributed by atoms with Gasteiger partial charge >= 0.3 is 0 Å². The first-order valence-corrected chi connectivity index (χ1v) is 7.97. The zero-order valence-corrected chi connectivity index (χ0v) is 13.1. The van der Waals surface area contributed by atoms with Crippen LogP contribution in [0.1, 0.15) is 0 Å². The number of nitrogens with zero attached hydrogens (tertiary/aromatic N) is 4. The van der Waals surface area contributed by atoms with Crippen molar-refractivity contribution < 1.29 is 0 Å². The molecule has 0 aliphatic carbocycles. The lowest BCUT2D eigenvalue weighted by Crippen LogP contribution is -2.25. The maximum atomic E-state index is 3.44. The van der Waals surface area contributed by atoms with Gasteiger partial charge in [0.1, 0.15) is 0 Å². The SMILES string of the molecule is C1=CN2C=c3ccc([nH]3)=CN3C=CN(C=c4ccc([nH]4)=CN1C2)C3. The van der Waals surface area contributed by atoms with Crippen molar-refractivity contribution in [1.82, 2.24) is 29.6 Å². The number of nitrogens with one attached hydrogen (secondary N) is 2. The number of aromatic amines is 2. The number of aromatic nitrogens is 2. The zero-order valence-electron chi connectivity index (χ0n) is 13.1. The van der Waals surface area contributed by atoms with Crippen LogP contribution in [0, 0.1) is 0 Å². The minimum absolute atomic E-state index is 0.802. The quantitative estimate of drug-likeness (QED) is 0.661. The molecule has 5 heterocycles. The zero-order chi connectivity index (χ0) is 15.9. The van der Waals surface area contributed by atoms with Crippen LogP contribution < -0.4 is 21.4 Å².